The predicted molar refractivity (Wildman–Crippen MR) is 59.9 cm³/mol. The van der Waals surface area contributed by atoms with Crippen molar-refractivity contribution in [1.82, 2.24) is 4.90 Å². The maximum Gasteiger partial charge on any atom is 0.307 e. The molecule has 0 aromatic rings. The Bertz CT molecular complexity index is 228. The summed E-state index contributed by atoms with van der Waals surface area (Å²) < 4.78 is 9.46. The molecule has 0 aliphatic carbocycles. The van der Waals surface area contributed by atoms with Crippen LogP contribution in [-0.2, 0) is 19.1 Å². The van der Waals surface area contributed by atoms with Crippen LogP contribution in [0.2, 0.25) is 0 Å². The topological polar surface area (TPSA) is 55.8 Å². The first kappa shape index (κ1) is 14.9. The van der Waals surface area contributed by atoms with Gasteiger partial charge < -0.3 is 14.4 Å². The minimum Gasteiger partial charge on any atom is -0.469 e. The lowest BCUT2D eigenvalue weighted by Gasteiger charge is -2.23. The van der Waals surface area contributed by atoms with Gasteiger partial charge >= 0.3 is 5.97 Å². The van der Waals surface area contributed by atoms with Crippen molar-refractivity contribution in [3.8, 4) is 0 Å². The lowest BCUT2D eigenvalue weighted by molar-refractivity contribution is -0.142. The predicted octanol–water partition coefficient (Wildman–Crippen LogP) is 0.680. The zero-order chi connectivity index (χ0) is 12.6. The molecule has 5 heteroatoms. The molecule has 94 valence electrons. The monoisotopic (exact) mass is 231 g/mol. The van der Waals surface area contributed by atoms with Crippen LogP contribution in [0, 0.1) is 5.92 Å². The Morgan fingerprint density at radius 2 is 1.81 bits per heavy atom. The fourth-order valence-electron chi connectivity index (χ4n) is 1.23. The third kappa shape index (κ3) is 5.70. The van der Waals surface area contributed by atoms with Crippen molar-refractivity contribution in [2.45, 2.75) is 20.3 Å². The van der Waals surface area contributed by atoms with Crippen molar-refractivity contribution in [2.75, 3.05) is 33.9 Å². The summed E-state index contributed by atoms with van der Waals surface area (Å²) in [5, 5.41) is 0. The van der Waals surface area contributed by atoms with Gasteiger partial charge in [0.25, 0.3) is 0 Å². The Morgan fingerprint density at radius 3 is 2.25 bits per heavy atom. The van der Waals surface area contributed by atoms with Crippen molar-refractivity contribution in [3.05, 3.63) is 0 Å². The number of carbonyl (C=O) groups is 2. The van der Waals surface area contributed by atoms with Gasteiger partial charge in [-0.2, -0.15) is 0 Å². The number of methoxy groups -OCH3 is 2. The summed E-state index contributed by atoms with van der Waals surface area (Å²) in [6.45, 7) is 5.03. The second-order valence-electron chi connectivity index (χ2n) is 3.80. The molecule has 0 atom stereocenters. The molecule has 0 unspecified atom stereocenters. The summed E-state index contributed by atoms with van der Waals surface area (Å²) in [5.74, 6) is -0.352. The first-order chi connectivity index (χ1) is 7.52. The molecule has 0 bridgehead atoms. The molecule has 0 saturated heterocycles. The number of amides is 1. The minimum atomic E-state index is -0.307. The van der Waals surface area contributed by atoms with Gasteiger partial charge in [-0.3, -0.25) is 9.59 Å². The molecule has 0 aliphatic heterocycles. The quantitative estimate of drug-likeness (QED) is 0.605. The van der Waals surface area contributed by atoms with Crippen LogP contribution in [0.5, 0.6) is 0 Å². The van der Waals surface area contributed by atoms with Crippen molar-refractivity contribution in [1.29, 1.82) is 0 Å². The number of esters is 1. The van der Waals surface area contributed by atoms with Gasteiger partial charge in [-0.15, -0.1) is 0 Å². The van der Waals surface area contributed by atoms with E-state index in [1.807, 2.05) is 13.8 Å². The summed E-state index contributed by atoms with van der Waals surface area (Å²) in [6, 6.07) is 0. The van der Waals surface area contributed by atoms with Gasteiger partial charge in [0.05, 0.1) is 20.1 Å². The highest BCUT2D eigenvalue weighted by Gasteiger charge is 2.17. The van der Waals surface area contributed by atoms with Gasteiger partial charge in [-0.05, 0) is 0 Å². The Morgan fingerprint density at radius 1 is 1.19 bits per heavy atom. The third-order valence-electron chi connectivity index (χ3n) is 2.18. The molecule has 0 radical (unpaired) electrons. The first-order valence-corrected chi connectivity index (χ1v) is 5.37. The number of nitrogens with zero attached hydrogens (tertiary/aromatic N) is 1. The van der Waals surface area contributed by atoms with E-state index in [0.717, 1.165) is 0 Å². The first-order valence-electron chi connectivity index (χ1n) is 5.37. The molecule has 1 amide bonds. The molecule has 0 heterocycles. The number of hydrogen-bond donors (Lipinski definition) is 0. The van der Waals surface area contributed by atoms with E-state index in [1.54, 1.807) is 12.0 Å². The van der Waals surface area contributed by atoms with Gasteiger partial charge in [-0.1, -0.05) is 13.8 Å². The Hall–Kier alpha value is -1.10. The standard InChI is InChI=1S/C11H21NO4/c1-9(2)11(14)12(7-8-15-3)6-5-10(13)16-4/h9H,5-8H2,1-4H3. The van der Waals surface area contributed by atoms with Crippen LogP contribution in [-0.4, -0.2) is 50.7 Å². The van der Waals surface area contributed by atoms with Gasteiger partial charge in [0.15, 0.2) is 0 Å². The van der Waals surface area contributed by atoms with Crippen LogP contribution in [0.3, 0.4) is 0 Å². The molecular formula is C11H21NO4. The molecule has 0 spiro atoms. The third-order valence-corrected chi connectivity index (χ3v) is 2.18. The van der Waals surface area contributed by atoms with Gasteiger partial charge in [0, 0.05) is 26.1 Å². The fourth-order valence-corrected chi connectivity index (χ4v) is 1.23. The largest absolute Gasteiger partial charge is 0.469 e. The van der Waals surface area contributed by atoms with Gasteiger partial charge in [0.2, 0.25) is 5.91 Å². The van der Waals surface area contributed by atoms with E-state index in [-0.39, 0.29) is 24.2 Å². The van der Waals surface area contributed by atoms with Gasteiger partial charge in [0.1, 0.15) is 0 Å². The summed E-state index contributed by atoms with van der Waals surface area (Å²) in [5.41, 5.74) is 0. The minimum absolute atomic E-state index is 0.0287. The average molecular weight is 231 g/mol. The van der Waals surface area contributed by atoms with E-state index in [0.29, 0.717) is 19.7 Å². The molecule has 0 rings (SSSR count). The van der Waals surface area contributed by atoms with Crippen molar-refractivity contribution < 1.29 is 19.1 Å². The van der Waals surface area contributed by atoms with Crippen LogP contribution in [0.25, 0.3) is 0 Å². The highest BCUT2D eigenvalue weighted by Crippen LogP contribution is 2.03. The lowest BCUT2D eigenvalue weighted by atomic mass is 10.2. The summed E-state index contributed by atoms with van der Waals surface area (Å²) in [4.78, 5) is 24.4. The SMILES string of the molecule is COCCN(CCC(=O)OC)C(=O)C(C)C. The van der Waals surface area contributed by atoms with E-state index in [2.05, 4.69) is 4.74 Å². The highest BCUT2D eigenvalue weighted by atomic mass is 16.5. The lowest BCUT2D eigenvalue weighted by Crippen LogP contribution is -2.38. The molecule has 16 heavy (non-hydrogen) atoms. The Kier molecular flexibility index (Phi) is 7.54. The highest BCUT2D eigenvalue weighted by molar-refractivity contribution is 5.79. The maximum absolute atomic E-state index is 11.8. The van der Waals surface area contributed by atoms with Crippen LogP contribution >= 0.6 is 0 Å². The van der Waals surface area contributed by atoms with Crippen LogP contribution in [0.1, 0.15) is 20.3 Å². The molecule has 5 nitrogen and oxygen atoms in total. The molecule has 0 aromatic heterocycles. The van der Waals surface area contributed by atoms with E-state index in [1.165, 1.54) is 7.11 Å². The molecular weight excluding hydrogens is 210 g/mol. The number of carbonyl (C=O) groups excluding carboxylic acids is 2. The fraction of sp³-hybridized carbons (Fsp3) is 0.818. The van der Waals surface area contributed by atoms with Crippen molar-refractivity contribution in [2.24, 2.45) is 5.92 Å². The van der Waals surface area contributed by atoms with Crippen LogP contribution in [0.4, 0.5) is 0 Å². The summed E-state index contributed by atoms with van der Waals surface area (Å²) >= 11 is 0. The smallest absolute Gasteiger partial charge is 0.307 e. The number of ether oxygens (including phenoxy) is 2. The summed E-state index contributed by atoms with van der Waals surface area (Å²) in [6.07, 6.45) is 0.221. The summed E-state index contributed by atoms with van der Waals surface area (Å²) in [7, 11) is 2.92. The van der Waals surface area contributed by atoms with E-state index >= 15 is 0 Å². The van der Waals surface area contributed by atoms with Crippen LogP contribution < -0.4 is 0 Å². The molecule has 0 N–H and O–H groups in total. The maximum atomic E-state index is 11.8. The second-order valence-corrected chi connectivity index (χ2v) is 3.80. The average Bonchev–Trinajstić information content (AvgIpc) is 2.27. The number of hydrogen-bond acceptors (Lipinski definition) is 4. The Balaban J connectivity index is 4.20. The van der Waals surface area contributed by atoms with E-state index < -0.39 is 0 Å². The van der Waals surface area contributed by atoms with Gasteiger partial charge in [-0.25, -0.2) is 0 Å². The van der Waals surface area contributed by atoms with Crippen molar-refractivity contribution in [3.63, 3.8) is 0 Å². The zero-order valence-electron chi connectivity index (χ0n) is 10.5. The van der Waals surface area contributed by atoms with E-state index in [4.69, 9.17) is 4.74 Å². The second kappa shape index (κ2) is 8.10. The van der Waals surface area contributed by atoms with E-state index in [9.17, 15) is 9.59 Å². The van der Waals surface area contributed by atoms with Crippen molar-refractivity contribution >= 4 is 11.9 Å². The molecule has 0 fully saturated rings. The Labute approximate surface area is 96.7 Å². The molecule has 0 aliphatic rings. The normalized spacial score (nSPS) is 10.3. The molecule has 0 saturated carbocycles. The zero-order valence-corrected chi connectivity index (χ0v) is 10.5. The molecule has 0 aromatic carbocycles. The number of rotatable bonds is 7. The van der Waals surface area contributed by atoms with Crippen LogP contribution in [0.15, 0.2) is 0 Å².